The van der Waals surface area contributed by atoms with E-state index in [1.165, 1.54) is 0 Å². The highest BCUT2D eigenvalue weighted by Crippen LogP contribution is 2.18. The minimum absolute atomic E-state index is 0.152. The van der Waals surface area contributed by atoms with E-state index in [1.54, 1.807) is 6.33 Å². The summed E-state index contributed by atoms with van der Waals surface area (Å²) in [7, 11) is 2.00. The summed E-state index contributed by atoms with van der Waals surface area (Å²) in [5.74, 6) is 1.10. The van der Waals surface area contributed by atoms with Crippen molar-refractivity contribution < 1.29 is 4.79 Å². The van der Waals surface area contributed by atoms with Gasteiger partial charge in [-0.15, -0.1) is 10.2 Å². The topological polar surface area (TPSA) is 63.1 Å². The van der Waals surface area contributed by atoms with Crippen LogP contribution in [0.5, 0.6) is 0 Å². The van der Waals surface area contributed by atoms with Gasteiger partial charge in [-0.1, -0.05) is 0 Å². The molecule has 0 aliphatic heterocycles. The van der Waals surface area contributed by atoms with Crippen LogP contribution in [0.2, 0.25) is 0 Å². The first-order valence-corrected chi connectivity index (χ1v) is 6.92. The standard InChI is InChI=1S/C13H23N5O/c1-10(2)18-9-14-16-12(18)8-17(3)7-6-13(19)15-11-4-5-11/h9-11H,4-8H2,1-3H3,(H,15,19). The van der Waals surface area contributed by atoms with Gasteiger partial charge in [-0.25, -0.2) is 0 Å². The molecular weight excluding hydrogens is 242 g/mol. The van der Waals surface area contributed by atoms with Gasteiger partial charge in [0, 0.05) is 25.0 Å². The summed E-state index contributed by atoms with van der Waals surface area (Å²) in [6, 6.07) is 0.804. The van der Waals surface area contributed by atoms with Crippen LogP contribution in [0.1, 0.15) is 45.0 Å². The number of hydrogen-bond acceptors (Lipinski definition) is 4. The van der Waals surface area contributed by atoms with Gasteiger partial charge < -0.3 is 9.88 Å². The maximum absolute atomic E-state index is 11.6. The molecule has 1 N–H and O–H groups in total. The van der Waals surface area contributed by atoms with Crippen LogP contribution in [-0.2, 0) is 11.3 Å². The van der Waals surface area contributed by atoms with Gasteiger partial charge >= 0.3 is 0 Å². The molecule has 1 aromatic heterocycles. The second-order valence-electron chi connectivity index (χ2n) is 5.58. The predicted molar refractivity (Wildman–Crippen MR) is 72.5 cm³/mol. The monoisotopic (exact) mass is 265 g/mol. The maximum Gasteiger partial charge on any atom is 0.221 e. The average Bonchev–Trinajstić information content (AvgIpc) is 3.02. The Balaban J connectivity index is 1.75. The van der Waals surface area contributed by atoms with Gasteiger partial charge in [0.2, 0.25) is 5.91 Å². The first-order chi connectivity index (χ1) is 9.06. The van der Waals surface area contributed by atoms with Crippen LogP contribution in [0.3, 0.4) is 0 Å². The molecule has 0 aromatic carbocycles. The van der Waals surface area contributed by atoms with Crippen molar-refractivity contribution in [2.45, 2.75) is 51.7 Å². The number of amides is 1. The average molecular weight is 265 g/mol. The van der Waals surface area contributed by atoms with Gasteiger partial charge in [0.05, 0.1) is 6.54 Å². The molecule has 1 saturated carbocycles. The summed E-state index contributed by atoms with van der Waals surface area (Å²) in [5.41, 5.74) is 0. The molecule has 0 atom stereocenters. The van der Waals surface area contributed by atoms with E-state index in [2.05, 4.69) is 38.8 Å². The molecule has 1 aliphatic carbocycles. The molecule has 19 heavy (non-hydrogen) atoms. The second kappa shape index (κ2) is 6.14. The van der Waals surface area contributed by atoms with Gasteiger partial charge in [0.25, 0.3) is 0 Å². The summed E-state index contributed by atoms with van der Waals surface area (Å²) in [4.78, 5) is 13.7. The molecule has 1 aromatic rings. The van der Waals surface area contributed by atoms with Crippen molar-refractivity contribution in [2.75, 3.05) is 13.6 Å². The number of carbonyl (C=O) groups excluding carboxylic acids is 1. The molecule has 0 radical (unpaired) electrons. The van der Waals surface area contributed by atoms with Crippen LogP contribution in [0, 0.1) is 0 Å². The number of rotatable bonds is 7. The Morgan fingerprint density at radius 2 is 2.32 bits per heavy atom. The molecule has 0 bridgehead atoms. The molecular formula is C13H23N5O. The van der Waals surface area contributed by atoms with E-state index in [0.29, 0.717) is 18.5 Å². The number of hydrogen-bond donors (Lipinski definition) is 1. The molecule has 106 valence electrons. The summed E-state index contributed by atoms with van der Waals surface area (Å²) < 4.78 is 2.06. The Kier molecular flexibility index (Phi) is 4.52. The van der Waals surface area contributed by atoms with Crippen LogP contribution in [0.4, 0.5) is 0 Å². The molecule has 2 rings (SSSR count). The van der Waals surface area contributed by atoms with Crippen LogP contribution in [0.25, 0.3) is 0 Å². The first-order valence-electron chi connectivity index (χ1n) is 6.92. The normalized spacial score (nSPS) is 15.2. The lowest BCUT2D eigenvalue weighted by Crippen LogP contribution is -2.30. The van der Waals surface area contributed by atoms with Crippen LogP contribution >= 0.6 is 0 Å². The van der Waals surface area contributed by atoms with Gasteiger partial charge in [-0.3, -0.25) is 9.69 Å². The van der Waals surface area contributed by atoms with Gasteiger partial charge in [0.15, 0.2) is 0 Å². The number of nitrogens with one attached hydrogen (secondary N) is 1. The van der Waals surface area contributed by atoms with E-state index < -0.39 is 0 Å². The lowest BCUT2D eigenvalue weighted by atomic mass is 10.3. The van der Waals surface area contributed by atoms with Gasteiger partial charge in [0.1, 0.15) is 12.2 Å². The van der Waals surface area contributed by atoms with Crippen molar-refractivity contribution in [2.24, 2.45) is 0 Å². The predicted octanol–water partition coefficient (Wildman–Crippen LogP) is 0.959. The number of nitrogens with zero attached hydrogens (tertiary/aromatic N) is 4. The minimum atomic E-state index is 0.152. The number of carbonyl (C=O) groups is 1. The van der Waals surface area contributed by atoms with Gasteiger partial charge in [-0.05, 0) is 33.7 Å². The summed E-state index contributed by atoms with van der Waals surface area (Å²) in [6.07, 6.45) is 4.58. The third-order valence-electron chi connectivity index (χ3n) is 3.28. The van der Waals surface area contributed by atoms with Crippen molar-refractivity contribution in [1.29, 1.82) is 0 Å². The van der Waals surface area contributed by atoms with E-state index in [-0.39, 0.29) is 5.91 Å². The lowest BCUT2D eigenvalue weighted by molar-refractivity contribution is -0.121. The Labute approximate surface area is 114 Å². The second-order valence-corrected chi connectivity index (χ2v) is 5.58. The smallest absolute Gasteiger partial charge is 0.221 e. The van der Waals surface area contributed by atoms with Crippen molar-refractivity contribution in [3.8, 4) is 0 Å². The lowest BCUT2D eigenvalue weighted by Gasteiger charge is -2.17. The van der Waals surface area contributed by atoms with E-state index in [9.17, 15) is 4.79 Å². The van der Waals surface area contributed by atoms with Crippen molar-refractivity contribution >= 4 is 5.91 Å². The van der Waals surface area contributed by atoms with Gasteiger partial charge in [-0.2, -0.15) is 0 Å². The quantitative estimate of drug-likeness (QED) is 0.797. The van der Waals surface area contributed by atoms with Crippen LogP contribution < -0.4 is 5.32 Å². The highest BCUT2D eigenvalue weighted by molar-refractivity contribution is 5.76. The molecule has 1 aliphatic rings. The van der Waals surface area contributed by atoms with Crippen molar-refractivity contribution in [3.63, 3.8) is 0 Å². The number of aromatic nitrogens is 3. The third kappa shape index (κ3) is 4.31. The fraction of sp³-hybridized carbons (Fsp3) is 0.769. The molecule has 1 amide bonds. The fourth-order valence-corrected chi connectivity index (χ4v) is 1.95. The first kappa shape index (κ1) is 14.0. The molecule has 1 fully saturated rings. The largest absolute Gasteiger partial charge is 0.353 e. The zero-order chi connectivity index (χ0) is 13.8. The zero-order valence-corrected chi connectivity index (χ0v) is 12.0. The van der Waals surface area contributed by atoms with Crippen molar-refractivity contribution in [1.82, 2.24) is 25.0 Å². The fourth-order valence-electron chi connectivity index (χ4n) is 1.95. The van der Waals surface area contributed by atoms with Crippen LogP contribution in [0.15, 0.2) is 6.33 Å². The molecule has 0 saturated heterocycles. The Bertz CT molecular complexity index is 424. The molecule has 0 unspecified atom stereocenters. The summed E-state index contributed by atoms with van der Waals surface area (Å²) in [5, 5.41) is 11.1. The Morgan fingerprint density at radius 1 is 1.58 bits per heavy atom. The Hall–Kier alpha value is -1.43. The van der Waals surface area contributed by atoms with E-state index in [1.807, 2.05) is 7.05 Å². The SMILES string of the molecule is CC(C)n1cnnc1CN(C)CCC(=O)NC1CC1. The molecule has 1 heterocycles. The zero-order valence-electron chi connectivity index (χ0n) is 12.0. The highest BCUT2D eigenvalue weighted by atomic mass is 16.1. The van der Waals surface area contributed by atoms with E-state index >= 15 is 0 Å². The van der Waals surface area contributed by atoms with Crippen molar-refractivity contribution in [3.05, 3.63) is 12.2 Å². The molecule has 6 nitrogen and oxygen atoms in total. The van der Waals surface area contributed by atoms with E-state index in [0.717, 1.165) is 31.8 Å². The highest BCUT2D eigenvalue weighted by Gasteiger charge is 2.23. The Morgan fingerprint density at radius 3 is 2.95 bits per heavy atom. The van der Waals surface area contributed by atoms with Crippen LogP contribution in [-0.4, -0.2) is 45.2 Å². The minimum Gasteiger partial charge on any atom is -0.353 e. The summed E-state index contributed by atoms with van der Waals surface area (Å²) >= 11 is 0. The summed E-state index contributed by atoms with van der Waals surface area (Å²) in [6.45, 7) is 5.67. The third-order valence-corrected chi connectivity index (χ3v) is 3.28. The maximum atomic E-state index is 11.6. The molecule has 6 heteroatoms. The van der Waals surface area contributed by atoms with E-state index in [4.69, 9.17) is 0 Å². The molecule has 0 spiro atoms.